The van der Waals surface area contributed by atoms with Gasteiger partial charge in [-0.15, -0.1) is 0 Å². The fourth-order valence-electron chi connectivity index (χ4n) is 3.24. The first-order chi connectivity index (χ1) is 11.9. The van der Waals surface area contributed by atoms with Crippen LogP contribution < -0.4 is 10.1 Å². The summed E-state index contributed by atoms with van der Waals surface area (Å²) in [7, 11) is 1.67. The molecular formula is C22H29NO2. The van der Waals surface area contributed by atoms with E-state index in [0.29, 0.717) is 6.42 Å². The van der Waals surface area contributed by atoms with E-state index in [4.69, 9.17) is 4.74 Å². The van der Waals surface area contributed by atoms with Crippen LogP contribution in [0.2, 0.25) is 0 Å². The summed E-state index contributed by atoms with van der Waals surface area (Å²) in [6.45, 7) is 8.33. The fraction of sp³-hybridized carbons (Fsp3) is 0.409. The van der Waals surface area contributed by atoms with Gasteiger partial charge in [0.1, 0.15) is 5.75 Å². The standard InChI is InChI=1S/C22H29NO2/c1-6-20(19-10-7-15(2)13-16(19)3)23-22(24)12-9-18-8-11-21(25-5)17(4)14-18/h7-8,10-11,13-14,20H,6,9,12H2,1-5H3,(H,23,24). The second-order valence-electron chi connectivity index (χ2n) is 6.69. The van der Waals surface area contributed by atoms with Crippen LogP contribution in [0.15, 0.2) is 36.4 Å². The highest BCUT2D eigenvalue weighted by molar-refractivity contribution is 5.76. The van der Waals surface area contributed by atoms with Crippen LogP contribution in [-0.2, 0) is 11.2 Å². The Balaban J connectivity index is 1.97. The molecule has 3 heteroatoms. The van der Waals surface area contributed by atoms with Crippen molar-refractivity contribution in [2.45, 2.75) is 53.0 Å². The van der Waals surface area contributed by atoms with Gasteiger partial charge in [-0.3, -0.25) is 4.79 Å². The van der Waals surface area contributed by atoms with Crippen molar-refractivity contribution in [1.82, 2.24) is 5.32 Å². The van der Waals surface area contributed by atoms with E-state index < -0.39 is 0 Å². The van der Waals surface area contributed by atoms with Crippen molar-refractivity contribution in [3.8, 4) is 5.75 Å². The highest BCUT2D eigenvalue weighted by atomic mass is 16.5. The molecule has 0 spiro atoms. The molecule has 1 amide bonds. The number of benzene rings is 2. The molecule has 0 heterocycles. The van der Waals surface area contributed by atoms with Crippen LogP contribution in [0.5, 0.6) is 5.75 Å². The normalized spacial score (nSPS) is 11.9. The van der Waals surface area contributed by atoms with E-state index in [1.165, 1.54) is 16.7 Å². The monoisotopic (exact) mass is 339 g/mol. The molecule has 2 aromatic carbocycles. The number of rotatable bonds is 7. The zero-order valence-electron chi connectivity index (χ0n) is 16.0. The average molecular weight is 339 g/mol. The van der Waals surface area contributed by atoms with E-state index >= 15 is 0 Å². The Hall–Kier alpha value is -2.29. The third-order valence-electron chi connectivity index (χ3n) is 4.64. The molecule has 2 aromatic rings. The molecule has 0 radical (unpaired) electrons. The Labute approximate surface area is 151 Å². The Morgan fingerprint density at radius 3 is 2.44 bits per heavy atom. The first-order valence-corrected chi connectivity index (χ1v) is 8.94. The number of nitrogens with one attached hydrogen (secondary N) is 1. The number of ether oxygens (including phenoxy) is 1. The Morgan fingerprint density at radius 1 is 1.08 bits per heavy atom. The highest BCUT2D eigenvalue weighted by Crippen LogP contribution is 2.22. The van der Waals surface area contributed by atoms with Gasteiger partial charge in [0.25, 0.3) is 0 Å². The molecule has 0 aliphatic carbocycles. The van der Waals surface area contributed by atoms with Crippen molar-refractivity contribution in [3.63, 3.8) is 0 Å². The van der Waals surface area contributed by atoms with Crippen LogP contribution in [-0.4, -0.2) is 13.0 Å². The van der Waals surface area contributed by atoms with Crippen molar-refractivity contribution < 1.29 is 9.53 Å². The Bertz CT molecular complexity index is 737. The summed E-state index contributed by atoms with van der Waals surface area (Å²) in [5, 5.41) is 3.19. The van der Waals surface area contributed by atoms with Crippen LogP contribution >= 0.6 is 0 Å². The van der Waals surface area contributed by atoms with E-state index in [-0.39, 0.29) is 11.9 Å². The van der Waals surface area contributed by atoms with Gasteiger partial charge in [0.05, 0.1) is 13.2 Å². The molecule has 3 nitrogen and oxygen atoms in total. The lowest BCUT2D eigenvalue weighted by Crippen LogP contribution is -2.28. The molecule has 0 aliphatic rings. The molecule has 0 aromatic heterocycles. The van der Waals surface area contributed by atoms with Gasteiger partial charge in [-0.1, -0.05) is 42.8 Å². The fourth-order valence-corrected chi connectivity index (χ4v) is 3.24. The lowest BCUT2D eigenvalue weighted by atomic mass is 9.97. The number of carbonyl (C=O) groups is 1. The summed E-state index contributed by atoms with van der Waals surface area (Å²) >= 11 is 0. The second kappa shape index (κ2) is 8.70. The summed E-state index contributed by atoms with van der Waals surface area (Å²) in [5.41, 5.74) is 5.95. The zero-order valence-corrected chi connectivity index (χ0v) is 16.0. The molecule has 0 bridgehead atoms. The van der Waals surface area contributed by atoms with E-state index in [0.717, 1.165) is 29.7 Å². The second-order valence-corrected chi connectivity index (χ2v) is 6.69. The lowest BCUT2D eigenvalue weighted by Gasteiger charge is -2.20. The van der Waals surface area contributed by atoms with E-state index in [1.54, 1.807) is 7.11 Å². The minimum Gasteiger partial charge on any atom is -0.496 e. The van der Waals surface area contributed by atoms with Gasteiger partial charge in [-0.25, -0.2) is 0 Å². The van der Waals surface area contributed by atoms with Crippen LogP contribution in [0.25, 0.3) is 0 Å². The minimum atomic E-state index is 0.0747. The molecule has 1 unspecified atom stereocenters. The van der Waals surface area contributed by atoms with Crippen LogP contribution in [0.1, 0.15) is 53.6 Å². The summed E-state index contributed by atoms with van der Waals surface area (Å²) in [6.07, 6.45) is 2.12. The summed E-state index contributed by atoms with van der Waals surface area (Å²) < 4.78 is 5.28. The van der Waals surface area contributed by atoms with Crippen molar-refractivity contribution >= 4 is 5.91 Å². The lowest BCUT2D eigenvalue weighted by molar-refractivity contribution is -0.121. The summed E-state index contributed by atoms with van der Waals surface area (Å²) in [6, 6.07) is 12.6. The van der Waals surface area contributed by atoms with Gasteiger partial charge < -0.3 is 10.1 Å². The van der Waals surface area contributed by atoms with Crippen molar-refractivity contribution in [2.24, 2.45) is 0 Å². The molecule has 0 saturated heterocycles. The third kappa shape index (κ3) is 5.09. The van der Waals surface area contributed by atoms with Gasteiger partial charge in [-0.2, -0.15) is 0 Å². The first kappa shape index (κ1) is 19.0. The average Bonchev–Trinajstić information content (AvgIpc) is 2.58. The summed E-state index contributed by atoms with van der Waals surface area (Å²) in [4.78, 5) is 12.4. The van der Waals surface area contributed by atoms with Crippen LogP contribution in [0, 0.1) is 20.8 Å². The predicted octanol–water partition coefficient (Wildman–Crippen LogP) is 4.82. The number of amides is 1. The van der Waals surface area contributed by atoms with Crippen molar-refractivity contribution in [3.05, 3.63) is 64.2 Å². The molecule has 134 valence electrons. The van der Waals surface area contributed by atoms with E-state index in [2.05, 4.69) is 50.4 Å². The van der Waals surface area contributed by atoms with Crippen molar-refractivity contribution in [1.29, 1.82) is 0 Å². The minimum absolute atomic E-state index is 0.0747. The van der Waals surface area contributed by atoms with Crippen LogP contribution in [0.3, 0.4) is 0 Å². The molecule has 2 rings (SSSR count). The smallest absolute Gasteiger partial charge is 0.220 e. The van der Waals surface area contributed by atoms with Gasteiger partial charge >= 0.3 is 0 Å². The Morgan fingerprint density at radius 2 is 1.84 bits per heavy atom. The maximum atomic E-state index is 12.4. The van der Waals surface area contributed by atoms with E-state index in [9.17, 15) is 4.79 Å². The van der Waals surface area contributed by atoms with Gasteiger partial charge in [0.2, 0.25) is 5.91 Å². The number of methoxy groups -OCH3 is 1. The third-order valence-corrected chi connectivity index (χ3v) is 4.64. The maximum Gasteiger partial charge on any atom is 0.220 e. The number of hydrogen-bond acceptors (Lipinski definition) is 2. The first-order valence-electron chi connectivity index (χ1n) is 8.94. The summed E-state index contributed by atoms with van der Waals surface area (Å²) in [5.74, 6) is 0.981. The Kier molecular flexibility index (Phi) is 6.63. The van der Waals surface area contributed by atoms with Gasteiger partial charge in [-0.05, 0) is 61.9 Å². The topological polar surface area (TPSA) is 38.3 Å². The SMILES string of the molecule is CCC(NC(=O)CCc1ccc(OC)c(C)c1)c1ccc(C)cc1C. The zero-order chi connectivity index (χ0) is 18.4. The van der Waals surface area contributed by atoms with Crippen LogP contribution in [0.4, 0.5) is 0 Å². The number of hydrogen-bond donors (Lipinski definition) is 1. The number of carbonyl (C=O) groups excluding carboxylic acids is 1. The molecule has 0 saturated carbocycles. The maximum absolute atomic E-state index is 12.4. The molecule has 0 aliphatic heterocycles. The van der Waals surface area contributed by atoms with E-state index in [1.807, 2.05) is 19.1 Å². The predicted molar refractivity (Wildman–Crippen MR) is 103 cm³/mol. The molecular weight excluding hydrogens is 310 g/mol. The molecule has 1 atom stereocenters. The molecule has 25 heavy (non-hydrogen) atoms. The highest BCUT2D eigenvalue weighted by Gasteiger charge is 2.15. The number of aryl methyl sites for hydroxylation is 4. The quantitative estimate of drug-likeness (QED) is 0.785. The van der Waals surface area contributed by atoms with Gasteiger partial charge in [0.15, 0.2) is 0 Å². The molecule has 1 N–H and O–H groups in total. The van der Waals surface area contributed by atoms with Crippen molar-refractivity contribution in [2.75, 3.05) is 7.11 Å². The largest absolute Gasteiger partial charge is 0.496 e. The molecule has 0 fully saturated rings. The van der Waals surface area contributed by atoms with Gasteiger partial charge in [0, 0.05) is 6.42 Å².